The molecule has 0 saturated carbocycles. The summed E-state index contributed by atoms with van der Waals surface area (Å²) >= 11 is 0. The average Bonchev–Trinajstić information content (AvgIpc) is 2.98. The Morgan fingerprint density at radius 3 is 2.20 bits per heavy atom. The van der Waals surface area contributed by atoms with E-state index in [0.717, 1.165) is 25.4 Å². The summed E-state index contributed by atoms with van der Waals surface area (Å²) in [5, 5.41) is 4.48. The van der Waals surface area contributed by atoms with Gasteiger partial charge in [0, 0.05) is 18.9 Å². The Morgan fingerprint density at radius 2 is 1.70 bits per heavy atom. The first-order valence-electron chi connectivity index (χ1n) is 7.56. The number of halogens is 8. The van der Waals surface area contributed by atoms with Gasteiger partial charge in [-0.25, -0.2) is 9.78 Å². The Bertz CT molecular complexity index is 981. The minimum Gasteiger partial charge on any atom is -0.464 e. The fraction of sp³-hybridized carbons (Fsp3) is 0.333. The number of anilines is 1. The van der Waals surface area contributed by atoms with Gasteiger partial charge in [0.15, 0.2) is 5.69 Å². The van der Waals surface area contributed by atoms with E-state index in [1.54, 1.807) is 0 Å². The Morgan fingerprint density at radius 1 is 1.10 bits per heavy atom. The first-order chi connectivity index (χ1) is 13.6. The number of amides is 1. The maximum Gasteiger partial charge on any atom is 0.459 e. The van der Waals surface area contributed by atoms with E-state index in [9.17, 15) is 44.7 Å². The van der Waals surface area contributed by atoms with Crippen LogP contribution >= 0.6 is 0 Å². The smallest absolute Gasteiger partial charge is 0.459 e. The number of hydrogen-bond acceptors (Lipinski definition) is 5. The van der Waals surface area contributed by atoms with Gasteiger partial charge in [-0.2, -0.15) is 40.2 Å². The number of carbonyl (C=O) groups excluding carboxylic acids is 2. The lowest BCUT2D eigenvalue weighted by molar-refractivity contribution is -0.292. The van der Waals surface area contributed by atoms with E-state index < -0.39 is 47.1 Å². The van der Waals surface area contributed by atoms with Crippen LogP contribution in [0.1, 0.15) is 32.2 Å². The summed E-state index contributed by atoms with van der Waals surface area (Å²) in [6.45, 7) is 0. The van der Waals surface area contributed by atoms with Crippen molar-refractivity contribution in [2.24, 2.45) is 7.05 Å². The molecule has 0 bridgehead atoms. The molecule has 0 aliphatic heterocycles. The number of hydrogen-bond donors (Lipinski definition) is 1. The summed E-state index contributed by atoms with van der Waals surface area (Å²) in [5.74, 6) is -8.65. The van der Waals surface area contributed by atoms with Gasteiger partial charge in [0.2, 0.25) is 0 Å². The maximum absolute atomic E-state index is 13.6. The SMILES string of the molecule is COC(=O)c1cc(NC(=O)c2c(C(F)(F)F)c(C(F)(F)C(F)(F)F)nn2C)ccn1. The van der Waals surface area contributed by atoms with Crippen molar-refractivity contribution in [1.82, 2.24) is 14.8 Å². The van der Waals surface area contributed by atoms with Gasteiger partial charge in [-0.05, 0) is 12.1 Å². The highest BCUT2D eigenvalue weighted by Crippen LogP contribution is 2.48. The standard InChI is InChI=1S/C15H10F8N4O3/c1-27-9(11(28)25-6-3-4-24-7(5-6)12(29)30-2)8(14(18,19)20)10(26-27)13(16,17)15(21,22)23/h3-5H,1-2H3,(H,24,25,28). The number of carbonyl (C=O) groups is 2. The minimum atomic E-state index is -6.39. The van der Waals surface area contributed by atoms with Gasteiger partial charge in [-0.15, -0.1) is 0 Å². The van der Waals surface area contributed by atoms with Crippen LogP contribution in [0, 0.1) is 0 Å². The number of alkyl halides is 8. The molecule has 15 heteroatoms. The van der Waals surface area contributed by atoms with Crippen LogP contribution in [-0.2, 0) is 23.9 Å². The molecule has 1 amide bonds. The predicted octanol–water partition coefficient (Wildman–Crippen LogP) is 3.53. The largest absolute Gasteiger partial charge is 0.464 e. The lowest BCUT2D eigenvalue weighted by Crippen LogP contribution is -2.36. The number of pyridine rings is 1. The van der Waals surface area contributed by atoms with Crippen LogP contribution in [0.5, 0.6) is 0 Å². The third-order valence-corrected chi connectivity index (χ3v) is 3.61. The Hall–Kier alpha value is -3.26. The van der Waals surface area contributed by atoms with Crippen molar-refractivity contribution in [3.63, 3.8) is 0 Å². The molecule has 2 aromatic heterocycles. The van der Waals surface area contributed by atoms with E-state index in [-0.39, 0.29) is 16.1 Å². The molecule has 2 aromatic rings. The van der Waals surface area contributed by atoms with Gasteiger partial charge in [0.25, 0.3) is 5.91 Å². The number of methoxy groups -OCH3 is 1. The summed E-state index contributed by atoms with van der Waals surface area (Å²) in [6, 6.07) is 1.91. The summed E-state index contributed by atoms with van der Waals surface area (Å²) in [7, 11) is 1.59. The number of esters is 1. The Balaban J connectivity index is 2.57. The van der Waals surface area contributed by atoms with Crippen molar-refractivity contribution in [2.75, 3.05) is 12.4 Å². The van der Waals surface area contributed by atoms with Gasteiger partial charge >= 0.3 is 24.2 Å². The molecule has 0 atom stereocenters. The van der Waals surface area contributed by atoms with Crippen molar-refractivity contribution in [3.05, 3.63) is 41.0 Å². The van der Waals surface area contributed by atoms with Crippen molar-refractivity contribution in [1.29, 1.82) is 0 Å². The molecule has 0 fully saturated rings. The molecular formula is C15H10F8N4O3. The van der Waals surface area contributed by atoms with E-state index in [2.05, 4.69) is 14.8 Å². The number of nitrogens with one attached hydrogen (secondary N) is 1. The second kappa shape index (κ2) is 7.53. The molecule has 0 radical (unpaired) electrons. The highest BCUT2D eigenvalue weighted by Gasteiger charge is 2.64. The maximum atomic E-state index is 13.6. The number of nitrogens with zero attached hydrogens (tertiary/aromatic N) is 3. The minimum absolute atomic E-state index is 0.0461. The third kappa shape index (κ3) is 4.18. The van der Waals surface area contributed by atoms with Gasteiger partial charge in [-0.1, -0.05) is 0 Å². The topological polar surface area (TPSA) is 86.1 Å². The van der Waals surface area contributed by atoms with E-state index in [0.29, 0.717) is 7.05 Å². The van der Waals surface area contributed by atoms with Crippen LogP contribution in [-0.4, -0.2) is 39.9 Å². The van der Waals surface area contributed by atoms with Crippen molar-refractivity contribution in [3.8, 4) is 0 Å². The lowest BCUT2D eigenvalue weighted by Gasteiger charge is -2.19. The van der Waals surface area contributed by atoms with Gasteiger partial charge < -0.3 is 10.1 Å². The van der Waals surface area contributed by atoms with Crippen LogP contribution < -0.4 is 5.32 Å². The molecule has 7 nitrogen and oxygen atoms in total. The quantitative estimate of drug-likeness (QED) is 0.574. The van der Waals surface area contributed by atoms with Crippen LogP contribution in [0.2, 0.25) is 0 Å². The zero-order valence-electron chi connectivity index (χ0n) is 14.8. The molecule has 0 spiro atoms. The average molecular weight is 446 g/mol. The molecule has 2 rings (SSSR count). The van der Waals surface area contributed by atoms with Crippen LogP contribution in [0.25, 0.3) is 0 Å². The zero-order valence-corrected chi connectivity index (χ0v) is 14.8. The van der Waals surface area contributed by atoms with Crippen LogP contribution in [0.15, 0.2) is 18.3 Å². The van der Waals surface area contributed by atoms with Crippen LogP contribution in [0.3, 0.4) is 0 Å². The molecule has 0 saturated heterocycles. The van der Waals surface area contributed by atoms with E-state index >= 15 is 0 Å². The van der Waals surface area contributed by atoms with Gasteiger partial charge in [0.05, 0.1) is 7.11 Å². The molecule has 0 aromatic carbocycles. The zero-order chi connectivity index (χ0) is 23.1. The normalized spacial score (nSPS) is 12.6. The van der Waals surface area contributed by atoms with Crippen molar-refractivity contribution in [2.45, 2.75) is 18.3 Å². The molecule has 2 heterocycles. The number of ether oxygens (including phenoxy) is 1. The first kappa shape index (κ1) is 23.0. The van der Waals surface area contributed by atoms with E-state index in [1.165, 1.54) is 0 Å². The lowest BCUT2D eigenvalue weighted by atomic mass is 10.1. The molecule has 0 aliphatic carbocycles. The number of rotatable bonds is 4. The highest BCUT2D eigenvalue weighted by molar-refractivity contribution is 6.05. The number of aromatic nitrogens is 3. The second-order valence-corrected chi connectivity index (χ2v) is 5.64. The van der Waals surface area contributed by atoms with Crippen LogP contribution in [0.4, 0.5) is 40.8 Å². The second-order valence-electron chi connectivity index (χ2n) is 5.64. The van der Waals surface area contributed by atoms with E-state index in [4.69, 9.17) is 0 Å². The van der Waals surface area contributed by atoms with E-state index in [1.807, 2.05) is 5.32 Å². The Kier molecular flexibility index (Phi) is 5.78. The summed E-state index contributed by atoms with van der Waals surface area (Å²) < 4.78 is 109. The number of aryl methyl sites for hydroxylation is 1. The monoisotopic (exact) mass is 446 g/mol. The fourth-order valence-electron chi connectivity index (χ4n) is 2.32. The Labute approximate surface area is 161 Å². The molecule has 1 N–H and O–H groups in total. The van der Waals surface area contributed by atoms with Crippen molar-refractivity contribution >= 4 is 17.6 Å². The molecule has 0 aliphatic rings. The highest BCUT2D eigenvalue weighted by atomic mass is 19.4. The predicted molar refractivity (Wildman–Crippen MR) is 81.7 cm³/mol. The summed E-state index contributed by atoms with van der Waals surface area (Å²) in [5.41, 5.74) is -7.49. The van der Waals surface area contributed by atoms with Gasteiger partial charge in [-0.3, -0.25) is 9.48 Å². The summed E-state index contributed by atoms with van der Waals surface area (Å²) in [4.78, 5) is 27.3. The first-order valence-corrected chi connectivity index (χ1v) is 7.56. The molecule has 164 valence electrons. The molecule has 30 heavy (non-hydrogen) atoms. The van der Waals surface area contributed by atoms with Crippen molar-refractivity contribution < 1.29 is 49.4 Å². The fourth-order valence-corrected chi connectivity index (χ4v) is 2.32. The molecule has 0 unspecified atom stereocenters. The van der Waals surface area contributed by atoms with Gasteiger partial charge in [0.1, 0.15) is 17.0 Å². The third-order valence-electron chi connectivity index (χ3n) is 3.61. The summed E-state index contributed by atoms with van der Waals surface area (Å²) in [6.07, 6.45) is -11.2. The molecular weight excluding hydrogens is 436 g/mol.